The zero-order valence-electron chi connectivity index (χ0n) is 19.0. The van der Waals surface area contributed by atoms with Gasteiger partial charge in [-0.25, -0.2) is 13.1 Å². The maximum atomic E-state index is 12.9. The molecule has 2 aromatic carbocycles. The number of sulfonamides is 1. The van der Waals surface area contributed by atoms with Crippen LogP contribution in [-0.4, -0.2) is 72.5 Å². The Hall–Kier alpha value is -2.86. The largest absolute Gasteiger partial charge is 0.495 e. The number of carbonyl (C=O) groups excluding carboxylic acids is 1. The van der Waals surface area contributed by atoms with E-state index in [0.717, 1.165) is 25.2 Å². The lowest BCUT2D eigenvalue weighted by Gasteiger charge is -2.26. The van der Waals surface area contributed by atoms with Crippen LogP contribution in [0, 0.1) is 0 Å². The van der Waals surface area contributed by atoms with E-state index < -0.39 is 15.9 Å². The smallest absolute Gasteiger partial charge is 0.251 e. The molecule has 184 valence electrons. The van der Waals surface area contributed by atoms with Gasteiger partial charge in [0.2, 0.25) is 16.8 Å². The van der Waals surface area contributed by atoms with Crippen LogP contribution in [0.1, 0.15) is 22.3 Å². The highest BCUT2D eigenvalue weighted by Gasteiger charge is 2.22. The van der Waals surface area contributed by atoms with Gasteiger partial charge in [-0.05, 0) is 48.9 Å². The lowest BCUT2D eigenvalue weighted by atomic mass is 10.1. The number of amides is 1. The predicted octanol–water partition coefficient (Wildman–Crippen LogP) is 1.35. The Morgan fingerprint density at radius 1 is 1.09 bits per heavy atom. The second-order valence-electron chi connectivity index (χ2n) is 7.94. The van der Waals surface area contributed by atoms with Gasteiger partial charge in [-0.15, -0.1) is 0 Å². The monoisotopic (exact) mass is 491 g/mol. The molecular weight excluding hydrogens is 462 g/mol. The van der Waals surface area contributed by atoms with Crippen molar-refractivity contribution >= 4 is 15.9 Å². The van der Waals surface area contributed by atoms with Crippen LogP contribution in [0.5, 0.6) is 17.2 Å². The number of morpholine rings is 1. The normalized spacial score (nSPS) is 15.8. The van der Waals surface area contributed by atoms with Gasteiger partial charge in [0.1, 0.15) is 10.6 Å². The summed E-state index contributed by atoms with van der Waals surface area (Å²) in [7, 11) is -2.47. The van der Waals surface area contributed by atoms with E-state index in [4.69, 9.17) is 18.9 Å². The summed E-state index contributed by atoms with van der Waals surface area (Å²) in [6.45, 7) is 4.60. The Bertz CT molecular complexity index is 1120. The Balaban J connectivity index is 1.37. The fourth-order valence-corrected chi connectivity index (χ4v) is 5.04. The highest BCUT2D eigenvalue weighted by molar-refractivity contribution is 7.89. The number of carbonyl (C=O) groups is 1. The maximum absolute atomic E-state index is 12.9. The summed E-state index contributed by atoms with van der Waals surface area (Å²) in [4.78, 5) is 14.9. The zero-order chi connectivity index (χ0) is 24.0. The van der Waals surface area contributed by atoms with Crippen molar-refractivity contribution in [2.45, 2.75) is 17.9 Å². The first-order valence-corrected chi connectivity index (χ1v) is 12.6. The molecule has 2 N–H and O–H groups in total. The van der Waals surface area contributed by atoms with Crippen LogP contribution in [0.4, 0.5) is 0 Å². The third kappa shape index (κ3) is 5.98. The summed E-state index contributed by atoms with van der Waals surface area (Å²) in [6.07, 6.45) is 0.664. The molecule has 1 saturated heterocycles. The molecule has 1 amide bonds. The molecule has 11 heteroatoms. The number of benzene rings is 2. The first-order chi connectivity index (χ1) is 16.5. The van der Waals surface area contributed by atoms with E-state index in [9.17, 15) is 13.2 Å². The topological polar surface area (TPSA) is 115 Å². The van der Waals surface area contributed by atoms with Gasteiger partial charge in [-0.3, -0.25) is 9.69 Å². The molecule has 0 bridgehead atoms. The van der Waals surface area contributed by atoms with Crippen molar-refractivity contribution in [1.29, 1.82) is 0 Å². The SMILES string of the molecule is COc1ccc(C(=O)NCc2ccc3c(c2)OCO3)cc1S(=O)(=O)NCCCN1CCOCC1. The van der Waals surface area contributed by atoms with E-state index in [2.05, 4.69) is 14.9 Å². The van der Waals surface area contributed by atoms with Crippen molar-refractivity contribution in [3.63, 3.8) is 0 Å². The summed E-state index contributed by atoms with van der Waals surface area (Å²) in [5.74, 6) is 1.07. The summed E-state index contributed by atoms with van der Waals surface area (Å²) in [5.41, 5.74) is 1.05. The van der Waals surface area contributed by atoms with Crippen molar-refractivity contribution in [2.24, 2.45) is 0 Å². The van der Waals surface area contributed by atoms with Crippen LogP contribution >= 0.6 is 0 Å². The molecule has 1 fully saturated rings. The lowest BCUT2D eigenvalue weighted by Crippen LogP contribution is -2.38. The Morgan fingerprint density at radius 3 is 2.68 bits per heavy atom. The maximum Gasteiger partial charge on any atom is 0.251 e. The van der Waals surface area contributed by atoms with Gasteiger partial charge in [-0.1, -0.05) is 6.07 Å². The van der Waals surface area contributed by atoms with Gasteiger partial charge in [-0.2, -0.15) is 0 Å². The molecule has 2 aromatic rings. The molecule has 4 rings (SSSR count). The molecule has 0 aliphatic carbocycles. The summed E-state index contributed by atoms with van der Waals surface area (Å²) < 4.78 is 49.7. The average Bonchev–Trinajstić information content (AvgIpc) is 3.33. The van der Waals surface area contributed by atoms with Crippen LogP contribution in [0.25, 0.3) is 0 Å². The number of fused-ring (bicyclic) bond motifs is 1. The van der Waals surface area contributed by atoms with Crippen molar-refractivity contribution in [2.75, 3.05) is 53.3 Å². The Kier molecular flexibility index (Phi) is 7.88. The van der Waals surface area contributed by atoms with Gasteiger partial charge >= 0.3 is 0 Å². The van der Waals surface area contributed by atoms with Gasteiger partial charge in [0.15, 0.2) is 11.5 Å². The lowest BCUT2D eigenvalue weighted by molar-refractivity contribution is 0.0376. The highest BCUT2D eigenvalue weighted by atomic mass is 32.2. The van der Waals surface area contributed by atoms with Gasteiger partial charge in [0.05, 0.1) is 20.3 Å². The molecule has 34 heavy (non-hydrogen) atoms. The minimum absolute atomic E-state index is 0.0721. The standard InChI is InChI=1S/C23H29N3O7S/c1-30-20-6-4-18(23(27)24-15-17-3-5-19-21(13-17)33-16-32-19)14-22(20)34(28,29)25-7-2-8-26-9-11-31-12-10-26/h3-6,13-14,25H,2,7-12,15-16H2,1H3,(H,24,27). The number of ether oxygens (including phenoxy) is 4. The second kappa shape index (κ2) is 11.0. The van der Waals surface area contributed by atoms with E-state index in [1.165, 1.54) is 25.3 Å². The molecule has 0 spiro atoms. The fourth-order valence-electron chi connectivity index (χ4n) is 3.77. The molecular formula is C23H29N3O7S. The molecule has 2 aliphatic heterocycles. The number of nitrogens with one attached hydrogen (secondary N) is 2. The van der Waals surface area contributed by atoms with E-state index in [1.807, 2.05) is 6.07 Å². The summed E-state index contributed by atoms with van der Waals surface area (Å²) in [5, 5.41) is 2.80. The van der Waals surface area contributed by atoms with E-state index >= 15 is 0 Å². The van der Waals surface area contributed by atoms with Gasteiger partial charge in [0.25, 0.3) is 5.91 Å². The third-order valence-electron chi connectivity index (χ3n) is 5.65. The Labute approximate surface area is 199 Å². The molecule has 0 saturated carbocycles. The van der Waals surface area contributed by atoms with Crippen molar-refractivity contribution in [1.82, 2.24) is 14.9 Å². The van der Waals surface area contributed by atoms with Crippen molar-refractivity contribution in [3.05, 3.63) is 47.5 Å². The molecule has 0 atom stereocenters. The van der Waals surface area contributed by atoms with Crippen molar-refractivity contribution in [3.8, 4) is 17.2 Å². The minimum Gasteiger partial charge on any atom is -0.495 e. The van der Waals surface area contributed by atoms with E-state index in [0.29, 0.717) is 31.1 Å². The molecule has 0 aromatic heterocycles. The quantitative estimate of drug-likeness (QED) is 0.479. The van der Waals surface area contributed by atoms with Crippen LogP contribution < -0.4 is 24.2 Å². The van der Waals surface area contributed by atoms with Crippen LogP contribution in [0.15, 0.2) is 41.3 Å². The number of methoxy groups -OCH3 is 1. The summed E-state index contributed by atoms with van der Waals surface area (Å²) >= 11 is 0. The van der Waals surface area contributed by atoms with E-state index in [1.54, 1.807) is 12.1 Å². The number of rotatable bonds is 10. The first kappa shape index (κ1) is 24.3. The van der Waals surface area contributed by atoms with Crippen LogP contribution in [0.2, 0.25) is 0 Å². The van der Waals surface area contributed by atoms with Crippen LogP contribution in [-0.2, 0) is 21.3 Å². The number of hydrogen-bond donors (Lipinski definition) is 2. The second-order valence-corrected chi connectivity index (χ2v) is 9.68. The minimum atomic E-state index is -3.86. The third-order valence-corrected chi connectivity index (χ3v) is 7.13. The van der Waals surface area contributed by atoms with Gasteiger partial charge < -0.3 is 24.3 Å². The fraction of sp³-hybridized carbons (Fsp3) is 0.435. The highest BCUT2D eigenvalue weighted by Crippen LogP contribution is 2.32. The molecule has 2 heterocycles. The first-order valence-electron chi connectivity index (χ1n) is 11.1. The van der Waals surface area contributed by atoms with Crippen LogP contribution in [0.3, 0.4) is 0 Å². The predicted molar refractivity (Wildman–Crippen MR) is 124 cm³/mol. The molecule has 2 aliphatic rings. The number of nitrogens with zero attached hydrogens (tertiary/aromatic N) is 1. The van der Waals surface area contributed by atoms with E-state index in [-0.39, 0.29) is 36.1 Å². The summed E-state index contributed by atoms with van der Waals surface area (Å²) in [6, 6.07) is 9.76. The van der Waals surface area contributed by atoms with Crippen molar-refractivity contribution < 1.29 is 32.2 Å². The molecule has 0 unspecified atom stereocenters. The molecule has 10 nitrogen and oxygen atoms in total. The average molecular weight is 492 g/mol. The zero-order valence-corrected chi connectivity index (χ0v) is 19.9. The Morgan fingerprint density at radius 2 is 1.88 bits per heavy atom. The number of hydrogen-bond acceptors (Lipinski definition) is 8. The van der Waals surface area contributed by atoms with Gasteiger partial charge in [0, 0.05) is 31.7 Å². The molecule has 0 radical (unpaired) electrons.